The van der Waals surface area contributed by atoms with Gasteiger partial charge in [0.05, 0.1) is 20.6 Å². The van der Waals surface area contributed by atoms with E-state index in [0.29, 0.717) is 27.7 Å². The summed E-state index contributed by atoms with van der Waals surface area (Å²) in [5.74, 6) is -0.751. The van der Waals surface area contributed by atoms with Gasteiger partial charge in [-0.15, -0.1) is 0 Å². The molecule has 0 heterocycles. The van der Waals surface area contributed by atoms with E-state index in [1.54, 1.807) is 54.6 Å². The summed E-state index contributed by atoms with van der Waals surface area (Å²) in [6, 6.07) is 17.8. The fraction of sp³-hybridized carbons (Fsp3) is 0.394. The maximum atomic E-state index is 14.3. The first-order chi connectivity index (χ1) is 20.5. The summed E-state index contributed by atoms with van der Waals surface area (Å²) >= 11 is 12.4. The summed E-state index contributed by atoms with van der Waals surface area (Å²) in [5, 5.41) is 3.86. The second-order valence-electron chi connectivity index (χ2n) is 11.2. The molecule has 4 rings (SSSR count). The molecule has 0 radical (unpaired) electrons. The molecule has 1 saturated carbocycles. The minimum Gasteiger partial charge on any atom is -0.352 e. The highest BCUT2D eigenvalue weighted by molar-refractivity contribution is 7.92. The Morgan fingerprint density at radius 3 is 2.07 bits per heavy atom. The molecular formula is C33H39Cl2N3O4S. The van der Waals surface area contributed by atoms with E-state index in [1.165, 1.54) is 17.0 Å². The van der Waals surface area contributed by atoms with Gasteiger partial charge in [0.1, 0.15) is 12.6 Å². The molecule has 1 atom stereocenters. The summed E-state index contributed by atoms with van der Waals surface area (Å²) in [5.41, 5.74) is 2.90. The van der Waals surface area contributed by atoms with Crippen LogP contribution in [0.3, 0.4) is 0 Å². The Bertz CT molecular complexity index is 1520. The number of carbonyl (C=O) groups is 2. The summed E-state index contributed by atoms with van der Waals surface area (Å²) in [6.45, 7) is 5.19. The molecule has 0 aliphatic heterocycles. The molecule has 3 aromatic carbocycles. The van der Waals surface area contributed by atoms with E-state index >= 15 is 0 Å². The van der Waals surface area contributed by atoms with Crippen LogP contribution in [0.1, 0.15) is 62.1 Å². The lowest BCUT2D eigenvalue weighted by atomic mass is 9.95. The number of anilines is 1. The van der Waals surface area contributed by atoms with Gasteiger partial charge in [-0.3, -0.25) is 13.9 Å². The number of hydrogen-bond acceptors (Lipinski definition) is 4. The minimum atomic E-state index is -4.13. The summed E-state index contributed by atoms with van der Waals surface area (Å²) in [6.07, 6.45) is 5.40. The quantitative estimate of drug-likeness (QED) is 0.242. The van der Waals surface area contributed by atoms with Crippen molar-refractivity contribution in [2.45, 2.75) is 82.8 Å². The van der Waals surface area contributed by atoms with Gasteiger partial charge in [0.2, 0.25) is 11.8 Å². The molecule has 7 nitrogen and oxygen atoms in total. The van der Waals surface area contributed by atoms with E-state index in [0.717, 1.165) is 47.5 Å². The number of sulfonamides is 1. The number of nitrogens with one attached hydrogen (secondary N) is 1. The van der Waals surface area contributed by atoms with Gasteiger partial charge in [0.15, 0.2) is 0 Å². The average Bonchev–Trinajstić information content (AvgIpc) is 2.98. The fourth-order valence-corrected chi connectivity index (χ4v) is 7.11. The Kier molecular flexibility index (Phi) is 11.2. The second kappa shape index (κ2) is 14.6. The molecule has 1 aliphatic rings. The first-order valence-electron chi connectivity index (χ1n) is 14.7. The highest BCUT2D eigenvalue weighted by Crippen LogP contribution is 2.27. The van der Waals surface area contributed by atoms with Crippen LogP contribution in [-0.4, -0.2) is 43.8 Å². The monoisotopic (exact) mass is 643 g/mol. The second-order valence-corrected chi connectivity index (χ2v) is 13.9. The zero-order chi connectivity index (χ0) is 31.1. The van der Waals surface area contributed by atoms with Gasteiger partial charge >= 0.3 is 0 Å². The van der Waals surface area contributed by atoms with Crippen molar-refractivity contribution in [3.05, 3.63) is 93.5 Å². The maximum absolute atomic E-state index is 14.3. The van der Waals surface area contributed by atoms with Crippen LogP contribution in [0.5, 0.6) is 0 Å². The first kappa shape index (κ1) is 32.8. The van der Waals surface area contributed by atoms with Crippen molar-refractivity contribution in [1.29, 1.82) is 0 Å². The average molecular weight is 645 g/mol. The SMILES string of the molecule is CC[C@H](C(=O)NC1CCCCC1)N(Cc1ccc(Cl)c(Cl)c1)C(=O)CN(c1ccc(C)cc1)S(=O)(=O)c1ccc(C)cc1. The highest BCUT2D eigenvalue weighted by atomic mass is 35.5. The van der Waals surface area contributed by atoms with Crippen molar-refractivity contribution in [2.75, 3.05) is 10.8 Å². The molecule has 43 heavy (non-hydrogen) atoms. The molecule has 0 saturated heterocycles. The molecule has 0 bridgehead atoms. The van der Waals surface area contributed by atoms with Crippen molar-refractivity contribution in [1.82, 2.24) is 10.2 Å². The van der Waals surface area contributed by atoms with Crippen molar-refractivity contribution in [2.24, 2.45) is 0 Å². The summed E-state index contributed by atoms with van der Waals surface area (Å²) in [4.78, 5) is 29.5. The van der Waals surface area contributed by atoms with Gasteiger partial charge in [0.25, 0.3) is 10.0 Å². The molecule has 1 aliphatic carbocycles. The lowest BCUT2D eigenvalue weighted by molar-refractivity contribution is -0.140. The number of hydrogen-bond donors (Lipinski definition) is 1. The number of carbonyl (C=O) groups excluding carboxylic acids is 2. The number of halogens is 2. The third kappa shape index (κ3) is 8.31. The number of benzene rings is 3. The van der Waals surface area contributed by atoms with Gasteiger partial charge in [-0.05, 0) is 75.1 Å². The van der Waals surface area contributed by atoms with Crippen LogP contribution in [0.2, 0.25) is 10.0 Å². The van der Waals surface area contributed by atoms with E-state index in [1.807, 2.05) is 20.8 Å². The molecule has 0 unspecified atom stereocenters. The topological polar surface area (TPSA) is 86.8 Å². The van der Waals surface area contributed by atoms with Crippen molar-refractivity contribution >= 4 is 50.7 Å². The Hall–Kier alpha value is -3.07. The Morgan fingerprint density at radius 1 is 0.884 bits per heavy atom. The van der Waals surface area contributed by atoms with Crippen LogP contribution in [0.25, 0.3) is 0 Å². The summed E-state index contributed by atoms with van der Waals surface area (Å²) < 4.78 is 29.1. The summed E-state index contributed by atoms with van der Waals surface area (Å²) in [7, 11) is -4.13. The number of aryl methyl sites for hydroxylation is 2. The van der Waals surface area contributed by atoms with Crippen LogP contribution in [0.4, 0.5) is 5.69 Å². The van der Waals surface area contributed by atoms with Crippen molar-refractivity contribution in [3.8, 4) is 0 Å². The third-order valence-electron chi connectivity index (χ3n) is 7.88. The Morgan fingerprint density at radius 2 is 1.49 bits per heavy atom. The predicted octanol–water partition coefficient (Wildman–Crippen LogP) is 7.06. The van der Waals surface area contributed by atoms with Crippen molar-refractivity contribution in [3.63, 3.8) is 0 Å². The maximum Gasteiger partial charge on any atom is 0.264 e. The van der Waals surface area contributed by atoms with E-state index in [4.69, 9.17) is 23.2 Å². The molecule has 0 aromatic heterocycles. The molecule has 3 aromatic rings. The lowest BCUT2D eigenvalue weighted by Crippen LogP contribution is -2.54. The number of rotatable bonds is 11. The molecule has 230 valence electrons. The van der Waals surface area contributed by atoms with Gasteiger partial charge in [-0.1, -0.05) is 90.8 Å². The minimum absolute atomic E-state index is 0.0542. The highest BCUT2D eigenvalue weighted by Gasteiger charge is 2.34. The van der Waals surface area contributed by atoms with E-state index in [2.05, 4.69) is 5.32 Å². The normalized spacial score (nSPS) is 14.6. The van der Waals surface area contributed by atoms with Crippen LogP contribution in [0.15, 0.2) is 71.6 Å². The lowest BCUT2D eigenvalue weighted by Gasteiger charge is -2.34. The molecule has 1 fully saturated rings. The van der Waals surface area contributed by atoms with Crippen molar-refractivity contribution < 1.29 is 18.0 Å². The van der Waals surface area contributed by atoms with Gasteiger partial charge in [-0.25, -0.2) is 8.42 Å². The molecule has 10 heteroatoms. The molecule has 1 N–H and O–H groups in total. The fourth-order valence-electron chi connectivity index (χ4n) is 5.38. The van der Waals surface area contributed by atoms with Gasteiger partial charge in [-0.2, -0.15) is 0 Å². The Balaban J connectivity index is 1.71. The zero-order valence-corrected chi connectivity index (χ0v) is 27.2. The standard InChI is InChI=1S/C33H39Cl2N3O4S/c1-4-31(33(40)36-26-8-6-5-7-9-26)37(21-25-14-19-29(34)30(35)20-25)32(39)22-38(27-15-10-23(2)11-16-27)43(41,42)28-17-12-24(3)13-18-28/h10-20,26,31H,4-9,21-22H2,1-3H3,(H,36,40)/t31-/m1/s1. The third-order valence-corrected chi connectivity index (χ3v) is 10.4. The van der Waals surface area contributed by atoms with Crippen LogP contribution in [0, 0.1) is 13.8 Å². The molecule has 0 spiro atoms. The van der Waals surface area contributed by atoms with Crippen LogP contribution >= 0.6 is 23.2 Å². The zero-order valence-electron chi connectivity index (χ0n) is 24.9. The van der Waals surface area contributed by atoms with Gasteiger partial charge < -0.3 is 10.2 Å². The number of amides is 2. The van der Waals surface area contributed by atoms with Crippen LogP contribution in [-0.2, 0) is 26.2 Å². The Labute approximate surface area is 265 Å². The van der Waals surface area contributed by atoms with E-state index < -0.39 is 28.5 Å². The first-order valence-corrected chi connectivity index (χ1v) is 16.9. The smallest absolute Gasteiger partial charge is 0.264 e. The molecular weight excluding hydrogens is 605 g/mol. The van der Waals surface area contributed by atoms with Crippen LogP contribution < -0.4 is 9.62 Å². The van der Waals surface area contributed by atoms with Gasteiger partial charge in [0, 0.05) is 12.6 Å². The predicted molar refractivity (Wildman–Crippen MR) is 173 cm³/mol. The van der Waals surface area contributed by atoms with E-state index in [9.17, 15) is 18.0 Å². The van der Waals surface area contributed by atoms with E-state index in [-0.39, 0.29) is 23.4 Å². The molecule has 2 amide bonds. The number of nitrogens with zero attached hydrogens (tertiary/aromatic N) is 2. The largest absolute Gasteiger partial charge is 0.352 e.